The quantitative estimate of drug-likeness (QED) is 0.424. The van der Waals surface area contributed by atoms with E-state index in [0.717, 1.165) is 45.3 Å². The van der Waals surface area contributed by atoms with Crippen LogP contribution in [0.2, 0.25) is 0 Å². The van der Waals surface area contributed by atoms with Gasteiger partial charge in [-0.2, -0.15) is 0 Å². The number of hydrogen-bond donors (Lipinski definition) is 2. The Hall–Kier alpha value is -3.92. The molecule has 0 spiro atoms. The Morgan fingerprint density at radius 3 is 1.36 bits per heavy atom. The van der Waals surface area contributed by atoms with Gasteiger partial charge in [-0.25, -0.2) is 9.97 Å². The lowest BCUT2D eigenvalue weighted by Gasteiger charge is -2.01. The molecule has 2 heterocycles. The Morgan fingerprint density at radius 1 is 0.464 bits per heavy atom. The summed E-state index contributed by atoms with van der Waals surface area (Å²) in [6.07, 6.45) is 3.89. The highest BCUT2D eigenvalue weighted by molar-refractivity contribution is 5.72. The van der Waals surface area contributed by atoms with E-state index in [0.29, 0.717) is 0 Å². The molecule has 0 amide bonds. The van der Waals surface area contributed by atoms with E-state index in [1.165, 1.54) is 0 Å². The first kappa shape index (κ1) is 16.3. The fourth-order valence-corrected chi connectivity index (χ4v) is 3.26. The predicted octanol–water partition coefficient (Wildman–Crippen LogP) is 5.80. The van der Waals surface area contributed by atoms with Crippen LogP contribution in [0.4, 0.5) is 0 Å². The molecular weight excluding hydrogens is 344 g/mol. The maximum absolute atomic E-state index is 4.75. The summed E-state index contributed by atoms with van der Waals surface area (Å²) in [5.41, 5.74) is 6.09. The number of H-pyrrole nitrogens is 2. The van der Waals surface area contributed by atoms with Crippen molar-refractivity contribution in [2.75, 3.05) is 0 Å². The SMILES string of the molecule is c1ccc(-c2nc(-c3cccc(-c4c[nH]c(-c5ccccc5)n4)c3)c[nH]2)cc1. The van der Waals surface area contributed by atoms with Crippen molar-refractivity contribution in [2.24, 2.45) is 0 Å². The van der Waals surface area contributed by atoms with E-state index < -0.39 is 0 Å². The van der Waals surface area contributed by atoms with Gasteiger partial charge in [0.05, 0.1) is 11.4 Å². The third-order valence-corrected chi connectivity index (χ3v) is 4.70. The lowest BCUT2D eigenvalue weighted by molar-refractivity contribution is 1.31. The normalized spacial score (nSPS) is 10.9. The molecule has 2 aromatic heterocycles. The van der Waals surface area contributed by atoms with Crippen LogP contribution in [-0.4, -0.2) is 19.9 Å². The molecule has 0 atom stereocenters. The topological polar surface area (TPSA) is 57.4 Å². The standard InChI is InChI=1S/C24H18N4/c1-3-8-17(9-4-1)23-25-15-21(27-23)19-12-7-13-20(14-19)22-16-26-24(28-22)18-10-5-2-6-11-18/h1-16H,(H,25,27)(H,26,28). The van der Waals surface area contributed by atoms with Crippen molar-refractivity contribution in [3.8, 4) is 45.3 Å². The summed E-state index contributed by atoms with van der Waals surface area (Å²) in [6.45, 7) is 0. The van der Waals surface area contributed by atoms with Crippen LogP contribution in [0.1, 0.15) is 0 Å². The van der Waals surface area contributed by atoms with Crippen molar-refractivity contribution in [3.05, 3.63) is 97.3 Å². The zero-order chi connectivity index (χ0) is 18.8. The van der Waals surface area contributed by atoms with E-state index in [1.807, 2.05) is 79.1 Å². The van der Waals surface area contributed by atoms with Gasteiger partial charge >= 0.3 is 0 Å². The van der Waals surface area contributed by atoms with Crippen LogP contribution in [0.25, 0.3) is 45.3 Å². The Bertz CT molecular complexity index is 1110. The summed E-state index contributed by atoms with van der Waals surface area (Å²) >= 11 is 0. The van der Waals surface area contributed by atoms with Crippen LogP contribution in [0.15, 0.2) is 97.3 Å². The fourth-order valence-electron chi connectivity index (χ4n) is 3.26. The molecule has 3 aromatic carbocycles. The summed E-state index contributed by atoms with van der Waals surface area (Å²) in [4.78, 5) is 16.1. The second kappa shape index (κ2) is 7.00. The predicted molar refractivity (Wildman–Crippen MR) is 112 cm³/mol. The first-order valence-electron chi connectivity index (χ1n) is 9.19. The first-order chi connectivity index (χ1) is 13.9. The maximum atomic E-state index is 4.75. The number of nitrogens with zero attached hydrogens (tertiary/aromatic N) is 2. The van der Waals surface area contributed by atoms with E-state index in [-0.39, 0.29) is 0 Å². The van der Waals surface area contributed by atoms with E-state index in [1.54, 1.807) is 0 Å². The number of nitrogens with one attached hydrogen (secondary N) is 2. The molecule has 28 heavy (non-hydrogen) atoms. The molecule has 0 fully saturated rings. The number of aromatic amines is 2. The molecule has 4 nitrogen and oxygen atoms in total. The van der Waals surface area contributed by atoms with Crippen LogP contribution in [0.3, 0.4) is 0 Å². The van der Waals surface area contributed by atoms with Crippen LogP contribution >= 0.6 is 0 Å². The van der Waals surface area contributed by atoms with E-state index in [4.69, 9.17) is 9.97 Å². The molecular formula is C24H18N4. The lowest BCUT2D eigenvalue weighted by Crippen LogP contribution is -1.83. The first-order valence-corrected chi connectivity index (χ1v) is 9.19. The van der Waals surface area contributed by atoms with Crippen molar-refractivity contribution in [3.63, 3.8) is 0 Å². The molecule has 0 radical (unpaired) electrons. The van der Waals surface area contributed by atoms with E-state index in [2.05, 4.69) is 28.2 Å². The molecule has 0 bridgehead atoms. The minimum absolute atomic E-state index is 0.868. The molecule has 4 heteroatoms. The second-order valence-electron chi connectivity index (χ2n) is 6.58. The summed E-state index contributed by atoms with van der Waals surface area (Å²) in [5, 5.41) is 0. The monoisotopic (exact) mass is 362 g/mol. The van der Waals surface area contributed by atoms with E-state index in [9.17, 15) is 0 Å². The molecule has 5 rings (SSSR count). The van der Waals surface area contributed by atoms with Gasteiger partial charge < -0.3 is 9.97 Å². The van der Waals surface area contributed by atoms with Gasteiger partial charge in [-0.1, -0.05) is 78.9 Å². The number of hydrogen-bond acceptors (Lipinski definition) is 2. The fraction of sp³-hybridized carbons (Fsp3) is 0. The van der Waals surface area contributed by atoms with Gasteiger partial charge in [-0.3, -0.25) is 0 Å². The average Bonchev–Trinajstić information content (AvgIpc) is 3.46. The summed E-state index contributed by atoms with van der Waals surface area (Å²) in [6, 6.07) is 28.6. The second-order valence-corrected chi connectivity index (χ2v) is 6.58. The molecule has 134 valence electrons. The van der Waals surface area contributed by atoms with Crippen molar-refractivity contribution in [2.45, 2.75) is 0 Å². The molecule has 2 N–H and O–H groups in total. The highest BCUT2D eigenvalue weighted by Gasteiger charge is 2.09. The minimum Gasteiger partial charge on any atom is -0.344 e. The van der Waals surface area contributed by atoms with Gasteiger partial charge in [0, 0.05) is 34.6 Å². The van der Waals surface area contributed by atoms with Gasteiger partial charge in [0.25, 0.3) is 0 Å². The largest absolute Gasteiger partial charge is 0.344 e. The third-order valence-electron chi connectivity index (χ3n) is 4.70. The highest BCUT2D eigenvalue weighted by atomic mass is 14.9. The zero-order valence-corrected chi connectivity index (χ0v) is 15.1. The Balaban J connectivity index is 1.46. The van der Waals surface area contributed by atoms with Crippen LogP contribution < -0.4 is 0 Å². The number of aromatic nitrogens is 4. The van der Waals surface area contributed by atoms with Crippen molar-refractivity contribution >= 4 is 0 Å². The Kier molecular flexibility index (Phi) is 4.07. The molecule has 0 unspecified atom stereocenters. The minimum atomic E-state index is 0.868. The van der Waals surface area contributed by atoms with Gasteiger partial charge in [0.15, 0.2) is 0 Å². The van der Waals surface area contributed by atoms with Crippen molar-refractivity contribution in [1.82, 2.24) is 19.9 Å². The number of imidazole rings is 2. The molecule has 0 aliphatic rings. The van der Waals surface area contributed by atoms with Gasteiger partial charge in [0.1, 0.15) is 11.6 Å². The smallest absolute Gasteiger partial charge is 0.138 e. The molecule has 0 saturated heterocycles. The number of benzene rings is 3. The van der Waals surface area contributed by atoms with Gasteiger partial charge in [-0.15, -0.1) is 0 Å². The molecule has 0 saturated carbocycles. The summed E-state index contributed by atoms with van der Waals surface area (Å²) in [5.74, 6) is 1.74. The Labute approximate surface area is 163 Å². The van der Waals surface area contributed by atoms with Crippen molar-refractivity contribution in [1.29, 1.82) is 0 Å². The molecule has 0 aliphatic carbocycles. The summed E-state index contributed by atoms with van der Waals surface area (Å²) in [7, 11) is 0. The molecule has 5 aromatic rings. The summed E-state index contributed by atoms with van der Waals surface area (Å²) < 4.78 is 0. The third kappa shape index (κ3) is 3.12. The Morgan fingerprint density at radius 2 is 0.893 bits per heavy atom. The van der Waals surface area contributed by atoms with Crippen LogP contribution in [0, 0.1) is 0 Å². The van der Waals surface area contributed by atoms with Gasteiger partial charge in [-0.05, 0) is 6.07 Å². The molecule has 0 aliphatic heterocycles. The lowest BCUT2D eigenvalue weighted by atomic mass is 10.1. The maximum Gasteiger partial charge on any atom is 0.138 e. The highest BCUT2D eigenvalue weighted by Crippen LogP contribution is 2.27. The van der Waals surface area contributed by atoms with E-state index >= 15 is 0 Å². The van der Waals surface area contributed by atoms with Crippen LogP contribution in [-0.2, 0) is 0 Å². The number of rotatable bonds is 4. The zero-order valence-electron chi connectivity index (χ0n) is 15.1. The van der Waals surface area contributed by atoms with Crippen molar-refractivity contribution < 1.29 is 0 Å². The van der Waals surface area contributed by atoms with Crippen LogP contribution in [0.5, 0.6) is 0 Å². The average molecular weight is 362 g/mol. The van der Waals surface area contributed by atoms with Gasteiger partial charge in [0.2, 0.25) is 0 Å².